The first kappa shape index (κ1) is 14.0. The van der Waals surface area contributed by atoms with Crippen LogP contribution in [0.1, 0.15) is 40.0 Å². The van der Waals surface area contributed by atoms with Crippen LogP contribution in [0.2, 0.25) is 0 Å². The predicted molar refractivity (Wildman–Crippen MR) is 65.4 cm³/mol. The third-order valence-electron chi connectivity index (χ3n) is 3.05. The summed E-state index contributed by atoms with van der Waals surface area (Å²) in [7, 11) is 0. The van der Waals surface area contributed by atoms with Gasteiger partial charge in [0.2, 0.25) is 5.91 Å². The van der Waals surface area contributed by atoms with E-state index in [0.717, 1.165) is 12.8 Å². The summed E-state index contributed by atoms with van der Waals surface area (Å²) in [6.45, 7) is 7.72. The number of likely N-dealkylation sites (tertiary alicyclic amines) is 1. The van der Waals surface area contributed by atoms with Gasteiger partial charge in [0, 0.05) is 19.5 Å². The Kier molecular flexibility index (Phi) is 5.45. The highest BCUT2D eigenvalue weighted by Gasteiger charge is 2.28. The van der Waals surface area contributed by atoms with E-state index in [4.69, 9.17) is 4.74 Å². The van der Waals surface area contributed by atoms with Crippen LogP contribution in [0.3, 0.4) is 0 Å². The Morgan fingerprint density at radius 2 is 1.88 bits per heavy atom. The number of rotatable bonds is 4. The predicted octanol–water partition coefficient (Wildman–Crippen LogP) is 1.83. The molecular formula is C13H23NO3. The van der Waals surface area contributed by atoms with Crippen molar-refractivity contribution in [2.45, 2.75) is 40.0 Å². The average molecular weight is 241 g/mol. The summed E-state index contributed by atoms with van der Waals surface area (Å²) in [5.74, 6) is 0.481. The summed E-state index contributed by atoms with van der Waals surface area (Å²) < 4.78 is 5.00. The Hall–Kier alpha value is -1.06. The number of amides is 1. The molecule has 0 aromatic heterocycles. The average Bonchev–Trinajstić information content (AvgIpc) is 2.28. The van der Waals surface area contributed by atoms with E-state index in [2.05, 4.69) is 0 Å². The molecule has 0 bridgehead atoms. The Morgan fingerprint density at radius 1 is 1.29 bits per heavy atom. The van der Waals surface area contributed by atoms with Crippen LogP contribution in [-0.4, -0.2) is 36.5 Å². The molecule has 0 aliphatic carbocycles. The fourth-order valence-corrected chi connectivity index (χ4v) is 2.10. The second-order valence-corrected chi connectivity index (χ2v) is 5.01. The van der Waals surface area contributed by atoms with Crippen LogP contribution in [-0.2, 0) is 14.3 Å². The minimum Gasteiger partial charge on any atom is -0.466 e. The highest BCUT2D eigenvalue weighted by Crippen LogP contribution is 2.19. The molecule has 0 radical (unpaired) electrons. The van der Waals surface area contributed by atoms with Gasteiger partial charge >= 0.3 is 5.97 Å². The lowest BCUT2D eigenvalue weighted by molar-refractivity contribution is -0.151. The second-order valence-electron chi connectivity index (χ2n) is 5.01. The van der Waals surface area contributed by atoms with Gasteiger partial charge in [-0.25, -0.2) is 0 Å². The van der Waals surface area contributed by atoms with E-state index in [9.17, 15) is 9.59 Å². The highest BCUT2D eigenvalue weighted by atomic mass is 16.5. The zero-order valence-corrected chi connectivity index (χ0v) is 11.1. The summed E-state index contributed by atoms with van der Waals surface area (Å²) in [5, 5.41) is 0. The first-order chi connectivity index (χ1) is 8.04. The number of carbonyl (C=O) groups is 2. The first-order valence-electron chi connectivity index (χ1n) is 6.49. The SMILES string of the molecule is CCOC(=O)C1CCN(C(=O)CC(C)C)CC1. The molecule has 0 spiro atoms. The Labute approximate surface area is 103 Å². The molecule has 4 nitrogen and oxygen atoms in total. The van der Waals surface area contributed by atoms with Crippen LogP contribution in [0, 0.1) is 11.8 Å². The quantitative estimate of drug-likeness (QED) is 0.705. The van der Waals surface area contributed by atoms with Crippen LogP contribution in [0.4, 0.5) is 0 Å². The van der Waals surface area contributed by atoms with Crippen molar-refractivity contribution in [3.05, 3.63) is 0 Å². The van der Waals surface area contributed by atoms with Crippen molar-refractivity contribution < 1.29 is 14.3 Å². The van der Waals surface area contributed by atoms with Crippen LogP contribution >= 0.6 is 0 Å². The third-order valence-corrected chi connectivity index (χ3v) is 3.05. The largest absolute Gasteiger partial charge is 0.466 e. The van der Waals surface area contributed by atoms with Gasteiger partial charge in [0.05, 0.1) is 12.5 Å². The van der Waals surface area contributed by atoms with E-state index in [1.165, 1.54) is 0 Å². The third kappa shape index (κ3) is 4.36. The standard InChI is InChI=1S/C13H23NO3/c1-4-17-13(16)11-5-7-14(8-6-11)12(15)9-10(2)3/h10-11H,4-9H2,1-3H3. The van der Waals surface area contributed by atoms with Gasteiger partial charge in [0.1, 0.15) is 0 Å². The minimum atomic E-state index is -0.108. The lowest BCUT2D eigenvalue weighted by Crippen LogP contribution is -2.41. The monoisotopic (exact) mass is 241 g/mol. The molecule has 1 saturated heterocycles. The van der Waals surface area contributed by atoms with Crippen LogP contribution < -0.4 is 0 Å². The number of nitrogens with zero attached hydrogens (tertiary/aromatic N) is 1. The van der Waals surface area contributed by atoms with Gasteiger partial charge in [0.15, 0.2) is 0 Å². The molecule has 17 heavy (non-hydrogen) atoms. The van der Waals surface area contributed by atoms with E-state index in [-0.39, 0.29) is 17.8 Å². The molecule has 0 aromatic carbocycles. The van der Waals surface area contributed by atoms with E-state index in [0.29, 0.717) is 32.0 Å². The summed E-state index contributed by atoms with van der Waals surface area (Å²) in [4.78, 5) is 25.2. The molecule has 98 valence electrons. The van der Waals surface area contributed by atoms with Gasteiger partial charge in [-0.05, 0) is 25.7 Å². The van der Waals surface area contributed by atoms with Crippen molar-refractivity contribution in [3.8, 4) is 0 Å². The molecule has 1 heterocycles. The molecule has 0 saturated carbocycles. The van der Waals surface area contributed by atoms with E-state index in [1.807, 2.05) is 25.7 Å². The maximum atomic E-state index is 11.8. The van der Waals surface area contributed by atoms with E-state index in [1.54, 1.807) is 0 Å². The fourth-order valence-electron chi connectivity index (χ4n) is 2.10. The molecule has 1 rings (SSSR count). The van der Waals surface area contributed by atoms with Gasteiger partial charge in [-0.15, -0.1) is 0 Å². The molecule has 0 unspecified atom stereocenters. The lowest BCUT2D eigenvalue weighted by atomic mass is 9.96. The van der Waals surface area contributed by atoms with Gasteiger partial charge < -0.3 is 9.64 Å². The molecule has 1 aliphatic rings. The smallest absolute Gasteiger partial charge is 0.309 e. The van der Waals surface area contributed by atoms with Crippen LogP contribution in [0.25, 0.3) is 0 Å². The van der Waals surface area contributed by atoms with Crippen molar-refractivity contribution >= 4 is 11.9 Å². The molecule has 1 fully saturated rings. The Balaban J connectivity index is 2.35. The molecule has 1 amide bonds. The zero-order chi connectivity index (χ0) is 12.8. The van der Waals surface area contributed by atoms with E-state index < -0.39 is 0 Å². The second kappa shape index (κ2) is 6.62. The number of ether oxygens (including phenoxy) is 1. The molecule has 0 atom stereocenters. The summed E-state index contributed by atoms with van der Waals surface area (Å²) in [6, 6.07) is 0. The van der Waals surface area contributed by atoms with Crippen molar-refractivity contribution in [2.75, 3.05) is 19.7 Å². The number of esters is 1. The van der Waals surface area contributed by atoms with Gasteiger partial charge in [-0.2, -0.15) is 0 Å². The summed E-state index contributed by atoms with van der Waals surface area (Å²) in [5.41, 5.74) is 0. The lowest BCUT2D eigenvalue weighted by Gasteiger charge is -2.31. The molecule has 1 aliphatic heterocycles. The molecule has 4 heteroatoms. The van der Waals surface area contributed by atoms with Gasteiger partial charge in [-0.3, -0.25) is 9.59 Å². The molecular weight excluding hydrogens is 218 g/mol. The normalized spacial score (nSPS) is 17.3. The minimum absolute atomic E-state index is 0.0157. The maximum absolute atomic E-state index is 11.8. The highest BCUT2D eigenvalue weighted by molar-refractivity contribution is 5.77. The van der Waals surface area contributed by atoms with E-state index >= 15 is 0 Å². The van der Waals surface area contributed by atoms with Crippen molar-refractivity contribution in [1.29, 1.82) is 0 Å². The van der Waals surface area contributed by atoms with Crippen LogP contribution in [0.5, 0.6) is 0 Å². The molecule has 0 N–H and O–H groups in total. The number of carbonyl (C=O) groups excluding carboxylic acids is 2. The van der Waals surface area contributed by atoms with Gasteiger partial charge in [0.25, 0.3) is 0 Å². The number of piperidine rings is 1. The van der Waals surface area contributed by atoms with Crippen molar-refractivity contribution in [1.82, 2.24) is 4.90 Å². The number of hydrogen-bond donors (Lipinski definition) is 0. The van der Waals surface area contributed by atoms with Crippen molar-refractivity contribution in [3.63, 3.8) is 0 Å². The van der Waals surface area contributed by atoms with Crippen LogP contribution in [0.15, 0.2) is 0 Å². The zero-order valence-electron chi connectivity index (χ0n) is 11.1. The Bertz CT molecular complexity index is 268. The topological polar surface area (TPSA) is 46.6 Å². The first-order valence-corrected chi connectivity index (χ1v) is 6.49. The summed E-state index contributed by atoms with van der Waals surface area (Å²) in [6.07, 6.45) is 2.08. The fraction of sp³-hybridized carbons (Fsp3) is 0.846. The van der Waals surface area contributed by atoms with Crippen molar-refractivity contribution in [2.24, 2.45) is 11.8 Å². The Morgan fingerprint density at radius 3 is 2.35 bits per heavy atom. The molecule has 0 aromatic rings. The number of hydrogen-bond acceptors (Lipinski definition) is 3. The maximum Gasteiger partial charge on any atom is 0.309 e. The van der Waals surface area contributed by atoms with Gasteiger partial charge in [-0.1, -0.05) is 13.8 Å². The summed E-state index contributed by atoms with van der Waals surface area (Å²) >= 11 is 0.